The molecule has 3 aromatic rings. The van der Waals surface area contributed by atoms with Gasteiger partial charge in [0.15, 0.2) is 0 Å². The van der Waals surface area contributed by atoms with Crippen molar-refractivity contribution in [3.63, 3.8) is 0 Å². The number of hydrogen-bond donors (Lipinski definition) is 0. The van der Waals surface area contributed by atoms with Crippen molar-refractivity contribution in [1.82, 2.24) is 9.97 Å². The van der Waals surface area contributed by atoms with Crippen molar-refractivity contribution < 1.29 is 0 Å². The summed E-state index contributed by atoms with van der Waals surface area (Å²) in [6.45, 7) is 0. The van der Waals surface area contributed by atoms with Gasteiger partial charge in [0.05, 0.1) is 11.4 Å². The third-order valence-corrected chi connectivity index (χ3v) is 2.98. The van der Waals surface area contributed by atoms with Gasteiger partial charge in [-0.15, -0.1) is 0 Å². The quantitative estimate of drug-likeness (QED) is 0.699. The van der Waals surface area contributed by atoms with Crippen molar-refractivity contribution in [3.8, 4) is 11.4 Å². The van der Waals surface area contributed by atoms with Gasteiger partial charge in [-0.2, -0.15) is 0 Å². The van der Waals surface area contributed by atoms with Gasteiger partial charge in [0.25, 0.3) is 0 Å². The van der Waals surface area contributed by atoms with Crippen molar-refractivity contribution in [2.75, 3.05) is 0 Å². The van der Waals surface area contributed by atoms with Gasteiger partial charge in [-0.25, -0.2) is 0 Å². The summed E-state index contributed by atoms with van der Waals surface area (Å²) >= 11 is 0. The number of nitrogens with zero attached hydrogens (tertiary/aromatic N) is 2. The highest BCUT2D eigenvalue weighted by molar-refractivity contribution is 5.71. The van der Waals surface area contributed by atoms with E-state index in [1.807, 2.05) is 54.7 Å². The summed E-state index contributed by atoms with van der Waals surface area (Å²) in [5.41, 5.74) is 4.08. The average Bonchev–Trinajstić information content (AvgIpc) is 2.55. The minimum absolute atomic E-state index is 0.890. The molecule has 3 rings (SSSR count). The Kier molecular flexibility index (Phi) is 3.65. The third-order valence-electron chi connectivity index (χ3n) is 2.98. The summed E-state index contributed by atoms with van der Waals surface area (Å²) < 4.78 is 0. The second kappa shape index (κ2) is 5.93. The molecule has 0 saturated heterocycles. The van der Waals surface area contributed by atoms with Crippen LogP contribution in [0.15, 0.2) is 73.1 Å². The summed E-state index contributed by atoms with van der Waals surface area (Å²) in [6.07, 6.45) is 7.78. The van der Waals surface area contributed by atoms with Gasteiger partial charge in [0.1, 0.15) is 0 Å². The standard InChI is InChI=1S/C18H14N2/c1-2-6-15(7-3-1)9-10-16-11-13-20-18(14-16)17-8-4-5-12-19-17/h1-14H/b10-9+. The van der Waals surface area contributed by atoms with Crippen LogP contribution in [-0.4, -0.2) is 9.97 Å². The molecule has 96 valence electrons. The first-order valence-electron chi connectivity index (χ1n) is 6.52. The van der Waals surface area contributed by atoms with E-state index in [1.165, 1.54) is 5.56 Å². The molecule has 0 N–H and O–H groups in total. The van der Waals surface area contributed by atoms with Gasteiger partial charge in [0.2, 0.25) is 0 Å². The zero-order chi connectivity index (χ0) is 13.6. The molecule has 0 radical (unpaired) electrons. The molecule has 2 heterocycles. The SMILES string of the molecule is C(=C\c1ccnc(-c2ccccn2)c1)/c1ccccc1. The van der Waals surface area contributed by atoms with Gasteiger partial charge in [-0.1, -0.05) is 48.6 Å². The van der Waals surface area contributed by atoms with Crippen LogP contribution in [0.3, 0.4) is 0 Å². The summed E-state index contributed by atoms with van der Waals surface area (Å²) in [4.78, 5) is 8.69. The third kappa shape index (κ3) is 2.98. The van der Waals surface area contributed by atoms with Gasteiger partial charge < -0.3 is 0 Å². The summed E-state index contributed by atoms with van der Waals surface area (Å²) in [5.74, 6) is 0. The fraction of sp³-hybridized carbons (Fsp3) is 0. The first-order chi connectivity index (χ1) is 9.92. The van der Waals surface area contributed by atoms with Crippen LogP contribution in [0.2, 0.25) is 0 Å². The lowest BCUT2D eigenvalue weighted by Crippen LogP contribution is -1.86. The van der Waals surface area contributed by atoms with Gasteiger partial charge in [-0.05, 0) is 35.4 Å². The van der Waals surface area contributed by atoms with Crippen LogP contribution in [0.4, 0.5) is 0 Å². The molecular weight excluding hydrogens is 244 g/mol. The molecule has 1 aromatic carbocycles. The Bertz CT molecular complexity index is 704. The van der Waals surface area contributed by atoms with Gasteiger partial charge in [0, 0.05) is 12.4 Å². The van der Waals surface area contributed by atoms with E-state index >= 15 is 0 Å². The normalized spacial score (nSPS) is 10.8. The van der Waals surface area contributed by atoms with Crippen LogP contribution >= 0.6 is 0 Å². The highest BCUT2D eigenvalue weighted by Crippen LogP contribution is 2.16. The fourth-order valence-corrected chi connectivity index (χ4v) is 1.96. The van der Waals surface area contributed by atoms with Crippen molar-refractivity contribution in [2.24, 2.45) is 0 Å². The highest BCUT2D eigenvalue weighted by atomic mass is 14.8. The Morgan fingerprint density at radius 3 is 2.15 bits per heavy atom. The number of rotatable bonds is 3. The zero-order valence-corrected chi connectivity index (χ0v) is 11.0. The van der Waals surface area contributed by atoms with Crippen molar-refractivity contribution >= 4 is 12.2 Å². The Morgan fingerprint density at radius 2 is 1.35 bits per heavy atom. The molecule has 20 heavy (non-hydrogen) atoms. The number of pyridine rings is 2. The molecular formula is C18H14N2. The summed E-state index contributed by atoms with van der Waals surface area (Å²) in [6, 6.07) is 20.1. The van der Waals surface area contributed by atoms with Crippen LogP contribution in [0.25, 0.3) is 23.5 Å². The van der Waals surface area contributed by atoms with E-state index in [1.54, 1.807) is 6.20 Å². The maximum atomic E-state index is 4.37. The molecule has 0 saturated carbocycles. The highest BCUT2D eigenvalue weighted by Gasteiger charge is 1.99. The molecule has 0 spiro atoms. The smallest absolute Gasteiger partial charge is 0.0892 e. The maximum absolute atomic E-state index is 4.37. The average molecular weight is 258 g/mol. The minimum Gasteiger partial charge on any atom is -0.255 e. The molecule has 0 amide bonds. The topological polar surface area (TPSA) is 25.8 Å². The van der Waals surface area contributed by atoms with Crippen molar-refractivity contribution in [2.45, 2.75) is 0 Å². The first kappa shape index (κ1) is 12.3. The predicted octanol–water partition coefficient (Wildman–Crippen LogP) is 4.31. The van der Waals surface area contributed by atoms with Gasteiger partial charge >= 0.3 is 0 Å². The lowest BCUT2D eigenvalue weighted by molar-refractivity contribution is 1.24. The number of benzene rings is 1. The molecule has 0 unspecified atom stereocenters. The molecule has 2 heteroatoms. The minimum atomic E-state index is 0.890. The number of aromatic nitrogens is 2. The number of hydrogen-bond acceptors (Lipinski definition) is 2. The zero-order valence-electron chi connectivity index (χ0n) is 11.0. The molecule has 2 aromatic heterocycles. The monoisotopic (exact) mass is 258 g/mol. The van der Waals surface area contributed by atoms with Crippen LogP contribution in [0, 0.1) is 0 Å². The van der Waals surface area contributed by atoms with E-state index in [2.05, 4.69) is 34.3 Å². The molecule has 2 nitrogen and oxygen atoms in total. The van der Waals surface area contributed by atoms with Crippen LogP contribution in [0.5, 0.6) is 0 Å². The van der Waals surface area contributed by atoms with Crippen LogP contribution < -0.4 is 0 Å². The molecule has 0 aliphatic heterocycles. The van der Waals surface area contributed by atoms with Crippen LogP contribution in [-0.2, 0) is 0 Å². The van der Waals surface area contributed by atoms with Crippen molar-refractivity contribution in [1.29, 1.82) is 0 Å². The fourth-order valence-electron chi connectivity index (χ4n) is 1.96. The van der Waals surface area contributed by atoms with E-state index in [0.29, 0.717) is 0 Å². The lowest BCUT2D eigenvalue weighted by atomic mass is 10.1. The predicted molar refractivity (Wildman–Crippen MR) is 82.8 cm³/mol. The first-order valence-corrected chi connectivity index (χ1v) is 6.52. The lowest BCUT2D eigenvalue weighted by Gasteiger charge is -2.00. The Morgan fingerprint density at radius 1 is 0.600 bits per heavy atom. The summed E-state index contributed by atoms with van der Waals surface area (Å²) in [7, 11) is 0. The second-order valence-electron chi connectivity index (χ2n) is 4.43. The largest absolute Gasteiger partial charge is 0.255 e. The Labute approximate surface area is 118 Å². The molecule has 0 atom stereocenters. The van der Waals surface area contributed by atoms with Crippen molar-refractivity contribution in [3.05, 3.63) is 84.2 Å². The van der Waals surface area contributed by atoms with E-state index < -0.39 is 0 Å². The maximum Gasteiger partial charge on any atom is 0.0892 e. The second-order valence-corrected chi connectivity index (χ2v) is 4.43. The molecule has 0 aliphatic carbocycles. The van der Waals surface area contributed by atoms with E-state index in [4.69, 9.17) is 0 Å². The molecule has 0 aliphatic rings. The van der Waals surface area contributed by atoms with Crippen LogP contribution in [0.1, 0.15) is 11.1 Å². The van der Waals surface area contributed by atoms with E-state index in [-0.39, 0.29) is 0 Å². The molecule has 0 fully saturated rings. The Hall–Kier alpha value is -2.74. The Balaban J connectivity index is 1.87. The van der Waals surface area contributed by atoms with Gasteiger partial charge in [-0.3, -0.25) is 9.97 Å². The van der Waals surface area contributed by atoms with E-state index in [0.717, 1.165) is 17.0 Å². The summed E-state index contributed by atoms with van der Waals surface area (Å²) in [5, 5.41) is 0. The molecule has 0 bridgehead atoms. The van der Waals surface area contributed by atoms with E-state index in [9.17, 15) is 0 Å².